The normalized spacial score (nSPS) is 10.2. The fourth-order valence-corrected chi connectivity index (χ4v) is 2.13. The van der Waals surface area contributed by atoms with E-state index in [0.29, 0.717) is 0 Å². The molecule has 0 fully saturated rings. The minimum Gasteiger partial charge on any atom is -0.489 e. The first kappa shape index (κ1) is 16.8. The summed E-state index contributed by atoms with van der Waals surface area (Å²) in [6.45, 7) is 4.27. The minimum absolute atomic E-state index is 0.0641. The Morgan fingerprint density at radius 3 is 2.43 bits per heavy atom. The van der Waals surface area contributed by atoms with Gasteiger partial charge in [-0.15, -0.1) is 0 Å². The molecule has 0 aromatic heterocycles. The monoisotopic (exact) mass is 317 g/mol. The molecule has 0 saturated carbocycles. The van der Waals surface area contributed by atoms with Crippen molar-refractivity contribution in [2.24, 2.45) is 0 Å². The molecule has 0 heterocycles. The van der Waals surface area contributed by atoms with E-state index in [2.05, 4.69) is 5.32 Å². The molecule has 0 bridgehead atoms. The minimum atomic E-state index is -0.419. The zero-order valence-corrected chi connectivity index (χ0v) is 13.3. The highest BCUT2D eigenvalue weighted by Gasteiger charge is 2.07. The van der Waals surface area contributed by atoms with Gasteiger partial charge in [-0.25, -0.2) is 4.39 Å². The van der Waals surface area contributed by atoms with Gasteiger partial charge in [-0.3, -0.25) is 4.79 Å². The number of aryl methyl sites for hydroxylation is 2. The van der Waals surface area contributed by atoms with Crippen LogP contribution in [-0.4, -0.2) is 25.7 Å². The Morgan fingerprint density at radius 1 is 1.04 bits per heavy atom. The molecule has 2 aromatic rings. The molecule has 1 N–H and O–H groups in total. The predicted molar refractivity (Wildman–Crippen MR) is 86.3 cm³/mol. The van der Waals surface area contributed by atoms with E-state index in [1.165, 1.54) is 6.07 Å². The Hall–Kier alpha value is -2.56. The maximum atomic E-state index is 13.3. The van der Waals surface area contributed by atoms with Gasteiger partial charge in [0.2, 0.25) is 0 Å². The van der Waals surface area contributed by atoms with Crippen LogP contribution >= 0.6 is 0 Å². The highest BCUT2D eigenvalue weighted by molar-refractivity contribution is 5.77. The molecule has 2 rings (SSSR count). The second kappa shape index (κ2) is 8.17. The van der Waals surface area contributed by atoms with Gasteiger partial charge < -0.3 is 14.8 Å². The van der Waals surface area contributed by atoms with Crippen LogP contribution in [0.25, 0.3) is 0 Å². The lowest BCUT2D eigenvalue weighted by Gasteiger charge is -2.12. The summed E-state index contributed by atoms with van der Waals surface area (Å²) in [5, 5.41) is 2.67. The predicted octanol–water partition coefficient (Wildman–Crippen LogP) is 3.02. The highest BCUT2D eigenvalue weighted by atomic mass is 19.1. The molecule has 23 heavy (non-hydrogen) atoms. The second-order valence-corrected chi connectivity index (χ2v) is 5.14. The van der Waals surface area contributed by atoms with Gasteiger partial charge in [0.05, 0.1) is 6.54 Å². The number of rotatable bonds is 7. The number of carbonyl (C=O) groups is 1. The number of hydrogen-bond acceptors (Lipinski definition) is 3. The topological polar surface area (TPSA) is 47.6 Å². The van der Waals surface area contributed by atoms with Crippen molar-refractivity contribution in [1.29, 1.82) is 0 Å². The second-order valence-electron chi connectivity index (χ2n) is 5.14. The van der Waals surface area contributed by atoms with Crippen molar-refractivity contribution in [2.75, 3.05) is 19.8 Å². The van der Waals surface area contributed by atoms with Crippen LogP contribution in [0.3, 0.4) is 0 Å². The standard InChI is InChI=1S/C18H20FNO3/c1-13-6-5-7-14(2)18(13)23-12-17(21)20-10-11-22-16-9-4-3-8-15(16)19/h3-9H,10-12H2,1-2H3,(H,20,21). The Labute approximate surface area is 135 Å². The molecule has 122 valence electrons. The van der Waals surface area contributed by atoms with Gasteiger partial charge in [0, 0.05) is 0 Å². The summed E-state index contributed by atoms with van der Waals surface area (Å²) in [4.78, 5) is 11.8. The molecule has 4 nitrogen and oxygen atoms in total. The summed E-state index contributed by atoms with van der Waals surface area (Å²) in [5.41, 5.74) is 1.97. The fourth-order valence-electron chi connectivity index (χ4n) is 2.13. The third kappa shape index (κ3) is 4.98. The summed E-state index contributed by atoms with van der Waals surface area (Å²) in [6, 6.07) is 12.0. The number of carbonyl (C=O) groups excluding carboxylic acids is 1. The lowest BCUT2D eigenvalue weighted by atomic mass is 10.1. The van der Waals surface area contributed by atoms with Crippen molar-refractivity contribution in [1.82, 2.24) is 5.32 Å². The van der Waals surface area contributed by atoms with Crippen LogP contribution in [0, 0.1) is 19.7 Å². The van der Waals surface area contributed by atoms with E-state index in [1.807, 2.05) is 32.0 Å². The molecule has 0 unspecified atom stereocenters. The number of para-hydroxylation sites is 2. The molecule has 0 radical (unpaired) electrons. The van der Waals surface area contributed by atoms with Crippen molar-refractivity contribution < 1.29 is 18.7 Å². The van der Waals surface area contributed by atoms with Crippen LogP contribution < -0.4 is 14.8 Å². The van der Waals surface area contributed by atoms with Crippen molar-refractivity contribution in [3.63, 3.8) is 0 Å². The van der Waals surface area contributed by atoms with E-state index in [-0.39, 0.29) is 31.4 Å². The van der Waals surface area contributed by atoms with E-state index in [9.17, 15) is 9.18 Å². The van der Waals surface area contributed by atoms with E-state index < -0.39 is 5.82 Å². The number of benzene rings is 2. The molecule has 5 heteroatoms. The van der Waals surface area contributed by atoms with Crippen LogP contribution in [0.5, 0.6) is 11.5 Å². The molecule has 0 spiro atoms. The van der Waals surface area contributed by atoms with Crippen LogP contribution in [-0.2, 0) is 4.79 Å². The van der Waals surface area contributed by atoms with Crippen LogP contribution in [0.15, 0.2) is 42.5 Å². The third-order valence-electron chi connectivity index (χ3n) is 3.27. The number of nitrogens with one attached hydrogen (secondary N) is 1. The summed E-state index contributed by atoms with van der Waals surface area (Å²) < 4.78 is 24.1. The van der Waals surface area contributed by atoms with Crippen molar-refractivity contribution in [3.05, 3.63) is 59.4 Å². The molecule has 0 aliphatic carbocycles. The number of halogens is 1. The van der Waals surface area contributed by atoms with Gasteiger partial charge in [-0.1, -0.05) is 30.3 Å². The first-order valence-corrected chi connectivity index (χ1v) is 7.41. The maximum absolute atomic E-state index is 13.3. The summed E-state index contributed by atoms with van der Waals surface area (Å²) >= 11 is 0. The van der Waals surface area contributed by atoms with Crippen LogP contribution in [0.4, 0.5) is 4.39 Å². The van der Waals surface area contributed by atoms with Gasteiger partial charge in [0.25, 0.3) is 5.91 Å². The van der Waals surface area contributed by atoms with E-state index in [4.69, 9.17) is 9.47 Å². The Bertz CT molecular complexity index is 653. The SMILES string of the molecule is Cc1cccc(C)c1OCC(=O)NCCOc1ccccc1F. The van der Waals surface area contributed by atoms with Crippen LogP contribution in [0.1, 0.15) is 11.1 Å². The van der Waals surface area contributed by atoms with Gasteiger partial charge >= 0.3 is 0 Å². The number of amides is 1. The van der Waals surface area contributed by atoms with Gasteiger partial charge in [-0.2, -0.15) is 0 Å². The van der Waals surface area contributed by atoms with Gasteiger partial charge in [0.15, 0.2) is 18.2 Å². The number of hydrogen-bond donors (Lipinski definition) is 1. The van der Waals surface area contributed by atoms with Crippen LogP contribution in [0.2, 0.25) is 0 Å². The molecular formula is C18H20FNO3. The lowest BCUT2D eigenvalue weighted by molar-refractivity contribution is -0.123. The average Bonchev–Trinajstić information content (AvgIpc) is 2.52. The van der Waals surface area contributed by atoms with Gasteiger partial charge in [-0.05, 0) is 37.1 Å². The average molecular weight is 317 g/mol. The first-order chi connectivity index (χ1) is 11.1. The molecule has 0 aliphatic heterocycles. The van der Waals surface area contributed by atoms with E-state index in [0.717, 1.165) is 16.9 Å². The molecular weight excluding hydrogens is 297 g/mol. The molecule has 0 aliphatic rings. The fraction of sp³-hybridized carbons (Fsp3) is 0.278. The Balaban J connectivity index is 1.71. The largest absolute Gasteiger partial charge is 0.489 e. The summed E-state index contributed by atoms with van der Waals surface area (Å²) in [5.74, 6) is 0.237. The molecule has 0 saturated heterocycles. The quantitative estimate of drug-likeness (QED) is 0.799. The van der Waals surface area contributed by atoms with Crippen molar-refractivity contribution in [2.45, 2.75) is 13.8 Å². The first-order valence-electron chi connectivity index (χ1n) is 7.41. The third-order valence-corrected chi connectivity index (χ3v) is 3.27. The molecule has 2 aromatic carbocycles. The highest BCUT2D eigenvalue weighted by Crippen LogP contribution is 2.22. The van der Waals surface area contributed by atoms with Gasteiger partial charge in [0.1, 0.15) is 12.4 Å². The number of ether oxygens (including phenoxy) is 2. The Morgan fingerprint density at radius 2 is 1.74 bits per heavy atom. The van der Waals surface area contributed by atoms with Crippen molar-refractivity contribution in [3.8, 4) is 11.5 Å². The molecule has 1 amide bonds. The summed E-state index contributed by atoms with van der Waals surface area (Å²) in [7, 11) is 0. The van der Waals surface area contributed by atoms with E-state index in [1.54, 1.807) is 18.2 Å². The van der Waals surface area contributed by atoms with E-state index >= 15 is 0 Å². The van der Waals surface area contributed by atoms with Crippen molar-refractivity contribution >= 4 is 5.91 Å². The lowest BCUT2D eigenvalue weighted by Crippen LogP contribution is -2.32. The maximum Gasteiger partial charge on any atom is 0.258 e. The zero-order chi connectivity index (χ0) is 16.7. The summed E-state index contributed by atoms with van der Waals surface area (Å²) in [6.07, 6.45) is 0. The molecule has 0 atom stereocenters. The zero-order valence-electron chi connectivity index (χ0n) is 13.3. The Kier molecular flexibility index (Phi) is 5.97. The smallest absolute Gasteiger partial charge is 0.258 e.